The molecule has 0 saturated carbocycles. The SMILES string of the molecule is COC(=O)c1ccc(Br)c(CN2CCC(F)(F)C2)c1. The normalized spacial score (nSPS) is 18.5. The van der Waals surface area contributed by atoms with Crippen LogP contribution in [0.2, 0.25) is 0 Å². The Bertz CT molecular complexity index is 494. The Balaban J connectivity index is 2.14. The number of halogens is 3. The van der Waals surface area contributed by atoms with Crippen LogP contribution in [0, 0.1) is 0 Å². The van der Waals surface area contributed by atoms with Crippen LogP contribution in [0.5, 0.6) is 0 Å². The van der Waals surface area contributed by atoms with Gasteiger partial charge in [-0.2, -0.15) is 0 Å². The molecule has 0 radical (unpaired) electrons. The predicted octanol–water partition coefficient (Wildman–Crippen LogP) is 3.08. The van der Waals surface area contributed by atoms with Crippen LogP contribution >= 0.6 is 15.9 Å². The maximum atomic E-state index is 13.1. The van der Waals surface area contributed by atoms with E-state index in [1.165, 1.54) is 7.11 Å². The molecule has 1 aromatic carbocycles. The number of nitrogens with zero attached hydrogens (tertiary/aromatic N) is 1. The van der Waals surface area contributed by atoms with Gasteiger partial charge in [-0.15, -0.1) is 0 Å². The molecule has 0 aromatic heterocycles. The first-order valence-electron chi connectivity index (χ1n) is 5.88. The lowest BCUT2D eigenvalue weighted by Crippen LogP contribution is -2.25. The highest BCUT2D eigenvalue weighted by atomic mass is 79.9. The third-order valence-corrected chi connectivity index (χ3v) is 3.88. The van der Waals surface area contributed by atoms with Crippen molar-refractivity contribution in [1.29, 1.82) is 0 Å². The first-order valence-corrected chi connectivity index (χ1v) is 6.67. The number of esters is 1. The molecule has 1 fully saturated rings. The molecule has 1 saturated heterocycles. The van der Waals surface area contributed by atoms with Crippen LogP contribution in [0.4, 0.5) is 8.78 Å². The van der Waals surface area contributed by atoms with Crippen molar-refractivity contribution >= 4 is 21.9 Å². The molecule has 1 heterocycles. The van der Waals surface area contributed by atoms with Gasteiger partial charge in [-0.1, -0.05) is 15.9 Å². The molecule has 1 aromatic rings. The van der Waals surface area contributed by atoms with Crippen LogP contribution < -0.4 is 0 Å². The first kappa shape index (κ1) is 14.4. The number of hydrogen-bond acceptors (Lipinski definition) is 3. The molecule has 0 bridgehead atoms. The van der Waals surface area contributed by atoms with E-state index in [0.717, 1.165) is 10.0 Å². The van der Waals surface area contributed by atoms with E-state index < -0.39 is 11.9 Å². The van der Waals surface area contributed by atoms with Crippen molar-refractivity contribution in [3.63, 3.8) is 0 Å². The topological polar surface area (TPSA) is 29.5 Å². The van der Waals surface area contributed by atoms with Crippen LogP contribution in [-0.2, 0) is 11.3 Å². The molecule has 1 aliphatic rings. The molecule has 0 N–H and O–H groups in total. The van der Waals surface area contributed by atoms with Gasteiger partial charge in [0.2, 0.25) is 0 Å². The van der Waals surface area contributed by atoms with Crippen molar-refractivity contribution < 1.29 is 18.3 Å². The number of likely N-dealkylation sites (tertiary alicyclic amines) is 1. The maximum Gasteiger partial charge on any atom is 0.337 e. The van der Waals surface area contributed by atoms with E-state index in [1.54, 1.807) is 23.1 Å². The monoisotopic (exact) mass is 333 g/mol. The molecule has 19 heavy (non-hydrogen) atoms. The lowest BCUT2D eigenvalue weighted by molar-refractivity contribution is 0.0114. The molecule has 3 nitrogen and oxygen atoms in total. The fraction of sp³-hybridized carbons (Fsp3) is 0.462. The van der Waals surface area contributed by atoms with Gasteiger partial charge in [0.1, 0.15) is 0 Å². The number of carbonyl (C=O) groups excluding carboxylic acids is 1. The quantitative estimate of drug-likeness (QED) is 0.796. The minimum atomic E-state index is -2.60. The van der Waals surface area contributed by atoms with Gasteiger partial charge in [-0.3, -0.25) is 4.90 Å². The van der Waals surface area contributed by atoms with Gasteiger partial charge in [0.25, 0.3) is 5.92 Å². The molecule has 6 heteroatoms. The average Bonchev–Trinajstić information content (AvgIpc) is 2.70. The van der Waals surface area contributed by atoms with E-state index in [-0.39, 0.29) is 13.0 Å². The summed E-state index contributed by atoms with van der Waals surface area (Å²) in [6, 6.07) is 5.04. The van der Waals surface area contributed by atoms with Gasteiger partial charge in [0.15, 0.2) is 0 Å². The van der Waals surface area contributed by atoms with Crippen molar-refractivity contribution in [2.75, 3.05) is 20.2 Å². The predicted molar refractivity (Wildman–Crippen MR) is 70.3 cm³/mol. The van der Waals surface area contributed by atoms with Crippen LogP contribution in [0.1, 0.15) is 22.3 Å². The van der Waals surface area contributed by atoms with Gasteiger partial charge in [0.05, 0.1) is 19.2 Å². The van der Waals surface area contributed by atoms with Crippen molar-refractivity contribution in [2.45, 2.75) is 18.9 Å². The van der Waals surface area contributed by atoms with Crippen LogP contribution in [-0.4, -0.2) is 37.0 Å². The fourth-order valence-electron chi connectivity index (χ4n) is 2.12. The Labute approximate surface area is 118 Å². The van der Waals surface area contributed by atoms with Gasteiger partial charge in [-0.25, -0.2) is 13.6 Å². The van der Waals surface area contributed by atoms with E-state index in [1.807, 2.05) is 0 Å². The van der Waals surface area contributed by atoms with E-state index in [2.05, 4.69) is 20.7 Å². The number of hydrogen-bond donors (Lipinski definition) is 0. The largest absolute Gasteiger partial charge is 0.465 e. The van der Waals surface area contributed by atoms with Gasteiger partial charge in [-0.05, 0) is 23.8 Å². The van der Waals surface area contributed by atoms with Crippen molar-refractivity contribution in [1.82, 2.24) is 4.90 Å². The summed E-state index contributed by atoms with van der Waals surface area (Å²) < 4.78 is 31.7. The molecule has 0 aliphatic carbocycles. The third-order valence-electron chi connectivity index (χ3n) is 3.11. The zero-order chi connectivity index (χ0) is 14.0. The Morgan fingerprint density at radius 3 is 2.84 bits per heavy atom. The number of alkyl halides is 2. The van der Waals surface area contributed by atoms with Crippen LogP contribution in [0.3, 0.4) is 0 Å². The number of carbonyl (C=O) groups is 1. The highest BCUT2D eigenvalue weighted by Crippen LogP contribution is 2.29. The summed E-state index contributed by atoms with van der Waals surface area (Å²) >= 11 is 3.37. The van der Waals surface area contributed by atoms with Crippen molar-refractivity contribution in [2.24, 2.45) is 0 Å². The molecular formula is C13H14BrF2NO2. The van der Waals surface area contributed by atoms with E-state index in [4.69, 9.17) is 0 Å². The summed E-state index contributed by atoms with van der Waals surface area (Å²) in [4.78, 5) is 13.1. The second-order valence-electron chi connectivity index (χ2n) is 4.61. The Morgan fingerprint density at radius 2 is 2.26 bits per heavy atom. The molecule has 2 rings (SSSR count). The van der Waals surface area contributed by atoms with Crippen molar-refractivity contribution in [3.05, 3.63) is 33.8 Å². The fourth-order valence-corrected chi connectivity index (χ4v) is 2.50. The lowest BCUT2D eigenvalue weighted by atomic mass is 10.1. The smallest absolute Gasteiger partial charge is 0.337 e. The minimum absolute atomic E-state index is 0.110. The highest BCUT2D eigenvalue weighted by Gasteiger charge is 2.38. The van der Waals surface area contributed by atoms with Crippen LogP contribution in [0.15, 0.2) is 22.7 Å². The van der Waals surface area contributed by atoms with Gasteiger partial charge in [0, 0.05) is 24.0 Å². The molecule has 0 spiro atoms. The van der Waals surface area contributed by atoms with Crippen LogP contribution in [0.25, 0.3) is 0 Å². The van der Waals surface area contributed by atoms with E-state index >= 15 is 0 Å². The molecule has 104 valence electrons. The average molecular weight is 334 g/mol. The molecule has 0 amide bonds. The van der Waals surface area contributed by atoms with Crippen molar-refractivity contribution in [3.8, 4) is 0 Å². The summed E-state index contributed by atoms with van der Waals surface area (Å²) in [5.74, 6) is -3.03. The molecule has 0 atom stereocenters. The standard InChI is InChI=1S/C13H14BrF2NO2/c1-19-12(18)9-2-3-11(14)10(6-9)7-17-5-4-13(15,16)8-17/h2-3,6H,4-5,7-8H2,1H3. The summed E-state index contributed by atoms with van der Waals surface area (Å²) in [6.45, 7) is 0.519. The molecule has 0 unspecified atom stereocenters. The minimum Gasteiger partial charge on any atom is -0.465 e. The third kappa shape index (κ3) is 3.51. The second-order valence-corrected chi connectivity index (χ2v) is 5.47. The lowest BCUT2D eigenvalue weighted by Gasteiger charge is -2.17. The van der Waals surface area contributed by atoms with Gasteiger partial charge < -0.3 is 4.74 Å². The highest BCUT2D eigenvalue weighted by molar-refractivity contribution is 9.10. The zero-order valence-corrected chi connectivity index (χ0v) is 12.0. The molecular weight excluding hydrogens is 320 g/mol. The molecule has 1 aliphatic heterocycles. The summed E-state index contributed by atoms with van der Waals surface area (Å²) in [7, 11) is 1.31. The Hall–Kier alpha value is -1.01. The summed E-state index contributed by atoms with van der Waals surface area (Å²) in [5, 5.41) is 0. The Morgan fingerprint density at radius 1 is 1.53 bits per heavy atom. The first-order chi connectivity index (χ1) is 8.91. The van der Waals surface area contributed by atoms with E-state index in [9.17, 15) is 13.6 Å². The zero-order valence-electron chi connectivity index (χ0n) is 10.5. The van der Waals surface area contributed by atoms with E-state index in [0.29, 0.717) is 18.7 Å². The summed E-state index contributed by atoms with van der Waals surface area (Å²) in [5.41, 5.74) is 1.23. The second kappa shape index (κ2) is 5.54. The van der Waals surface area contributed by atoms with Gasteiger partial charge >= 0.3 is 5.97 Å². The number of ether oxygens (including phenoxy) is 1. The number of rotatable bonds is 3. The number of benzene rings is 1. The number of methoxy groups -OCH3 is 1. The maximum absolute atomic E-state index is 13.1. The Kier molecular flexibility index (Phi) is 4.20. The summed E-state index contributed by atoms with van der Waals surface area (Å²) in [6.07, 6.45) is -0.110.